The number of carbonyl (C=O) groups is 1. The lowest BCUT2D eigenvalue weighted by Crippen LogP contribution is -2.34. The molecule has 1 N–H and O–H groups in total. The van der Waals surface area contributed by atoms with Crippen LogP contribution in [0, 0.1) is 26.7 Å². The van der Waals surface area contributed by atoms with E-state index < -0.39 is 0 Å². The molecule has 0 radical (unpaired) electrons. The molecule has 2 aromatic rings. The molecule has 3 rings (SSSR count). The van der Waals surface area contributed by atoms with Crippen molar-refractivity contribution in [2.75, 3.05) is 19.6 Å². The number of aromatic nitrogens is 1. The summed E-state index contributed by atoms with van der Waals surface area (Å²) in [6, 6.07) is 8.55. The molecule has 1 aromatic heterocycles. The number of piperidine rings is 1. The zero-order valence-corrected chi connectivity index (χ0v) is 17.1. The van der Waals surface area contributed by atoms with Gasteiger partial charge in [0.25, 0.3) is 0 Å². The van der Waals surface area contributed by atoms with Gasteiger partial charge in [0.15, 0.2) is 0 Å². The Labute approximate surface area is 162 Å². The number of esters is 1. The molecule has 2 heterocycles. The standard InChI is InChI=1S/C23H32N2O2/c1-5-25-12-10-20(11-13-25)14-19-6-8-21(9-7-19)15-27-23(26)22-16(2)17(3)24-18(22)4/h6-9,20,24H,5,10-15H2,1-4H3. The van der Waals surface area contributed by atoms with E-state index in [4.69, 9.17) is 4.74 Å². The number of benzene rings is 1. The van der Waals surface area contributed by atoms with Gasteiger partial charge in [-0.3, -0.25) is 0 Å². The molecule has 1 aliphatic rings. The number of carbonyl (C=O) groups excluding carboxylic acids is 1. The molecule has 0 unspecified atom stereocenters. The minimum Gasteiger partial charge on any atom is -0.457 e. The Morgan fingerprint density at radius 3 is 2.26 bits per heavy atom. The van der Waals surface area contributed by atoms with Crippen LogP contribution in [0.2, 0.25) is 0 Å². The van der Waals surface area contributed by atoms with E-state index in [0.717, 1.165) is 34.9 Å². The predicted molar refractivity (Wildman–Crippen MR) is 109 cm³/mol. The topological polar surface area (TPSA) is 45.3 Å². The number of likely N-dealkylation sites (tertiary alicyclic amines) is 1. The van der Waals surface area contributed by atoms with Gasteiger partial charge in [-0.25, -0.2) is 4.79 Å². The highest BCUT2D eigenvalue weighted by Crippen LogP contribution is 2.22. The van der Waals surface area contributed by atoms with Crippen molar-refractivity contribution in [2.24, 2.45) is 5.92 Å². The third-order valence-corrected chi connectivity index (χ3v) is 5.96. The molecular weight excluding hydrogens is 336 g/mol. The molecule has 1 fully saturated rings. The number of aromatic amines is 1. The maximum atomic E-state index is 12.4. The predicted octanol–water partition coefficient (Wildman–Crippen LogP) is 4.57. The van der Waals surface area contributed by atoms with E-state index in [-0.39, 0.29) is 5.97 Å². The van der Waals surface area contributed by atoms with Gasteiger partial charge in [0, 0.05) is 11.4 Å². The monoisotopic (exact) mass is 368 g/mol. The first-order chi connectivity index (χ1) is 13.0. The van der Waals surface area contributed by atoms with Crippen LogP contribution in [0.25, 0.3) is 0 Å². The maximum Gasteiger partial charge on any atom is 0.340 e. The highest BCUT2D eigenvalue weighted by molar-refractivity contribution is 5.92. The number of aryl methyl sites for hydroxylation is 2. The minimum absolute atomic E-state index is 0.249. The molecule has 1 aliphatic heterocycles. The first-order valence-electron chi connectivity index (χ1n) is 10.1. The van der Waals surface area contributed by atoms with Crippen LogP contribution in [0.3, 0.4) is 0 Å². The number of H-pyrrole nitrogens is 1. The molecule has 0 spiro atoms. The summed E-state index contributed by atoms with van der Waals surface area (Å²) in [7, 11) is 0. The van der Waals surface area contributed by atoms with Crippen LogP contribution in [0.4, 0.5) is 0 Å². The molecular formula is C23H32N2O2. The number of ether oxygens (including phenoxy) is 1. The molecule has 0 aliphatic carbocycles. The second-order valence-electron chi connectivity index (χ2n) is 7.85. The Morgan fingerprint density at radius 1 is 1.07 bits per heavy atom. The fraction of sp³-hybridized carbons (Fsp3) is 0.522. The Kier molecular flexibility index (Phi) is 6.38. The van der Waals surface area contributed by atoms with Gasteiger partial charge in [0.2, 0.25) is 0 Å². The average molecular weight is 369 g/mol. The van der Waals surface area contributed by atoms with Crippen molar-refractivity contribution in [1.82, 2.24) is 9.88 Å². The summed E-state index contributed by atoms with van der Waals surface area (Å²) in [5.41, 5.74) is 5.96. The summed E-state index contributed by atoms with van der Waals surface area (Å²) in [4.78, 5) is 18.1. The van der Waals surface area contributed by atoms with E-state index in [1.54, 1.807) is 0 Å². The first-order valence-corrected chi connectivity index (χ1v) is 10.1. The molecule has 4 heteroatoms. The molecule has 4 nitrogen and oxygen atoms in total. The fourth-order valence-corrected chi connectivity index (χ4v) is 4.05. The van der Waals surface area contributed by atoms with Crippen molar-refractivity contribution < 1.29 is 9.53 Å². The molecule has 1 saturated heterocycles. The Bertz CT molecular complexity index is 768. The van der Waals surface area contributed by atoms with Crippen molar-refractivity contribution in [3.8, 4) is 0 Å². The second-order valence-corrected chi connectivity index (χ2v) is 7.85. The Balaban J connectivity index is 1.51. The number of rotatable bonds is 6. The van der Waals surface area contributed by atoms with Crippen LogP contribution >= 0.6 is 0 Å². The number of nitrogens with one attached hydrogen (secondary N) is 1. The number of hydrogen-bond donors (Lipinski definition) is 1. The van der Waals surface area contributed by atoms with Crippen LogP contribution in [-0.2, 0) is 17.8 Å². The summed E-state index contributed by atoms with van der Waals surface area (Å²) in [5, 5.41) is 0. The highest BCUT2D eigenvalue weighted by Gasteiger charge is 2.19. The van der Waals surface area contributed by atoms with Gasteiger partial charge in [-0.15, -0.1) is 0 Å². The Hall–Kier alpha value is -2.07. The van der Waals surface area contributed by atoms with Crippen LogP contribution in [0.15, 0.2) is 24.3 Å². The van der Waals surface area contributed by atoms with Crippen molar-refractivity contribution >= 4 is 5.97 Å². The SMILES string of the molecule is CCN1CCC(Cc2ccc(COC(=O)c3c(C)[nH]c(C)c3C)cc2)CC1. The highest BCUT2D eigenvalue weighted by atomic mass is 16.5. The lowest BCUT2D eigenvalue weighted by molar-refractivity contribution is 0.0471. The summed E-state index contributed by atoms with van der Waals surface area (Å²) in [6.07, 6.45) is 3.74. The normalized spacial score (nSPS) is 15.9. The molecule has 0 saturated carbocycles. The van der Waals surface area contributed by atoms with Gasteiger partial charge in [0.1, 0.15) is 6.61 Å². The molecule has 146 valence electrons. The summed E-state index contributed by atoms with van der Waals surface area (Å²) >= 11 is 0. The molecule has 1 aromatic carbocycles. The van der Waals surface area contributed by atoms with Crippen molar-refractivity contribution in [3.05, 3.63) is 57.9 Å². The van der Waals surface area contributed by atoms with E-state index >= 15 is 0 Å². The summed E-state index contributed by atoms with van der Waals surface area (Å²) in [5.74, 6) is 0.542. The summed E-state index contributed by atoms with van der Waals surface area (Å²) < 4.78 is 5.54. The number of hydrogen-bond acceptors (Lipinski definition) is 3. The maximum absolute atomic E-state index is 12.4. The zero-order chi connectivity index (χ0) is 19.4. The largest absolute Gasteiger partial charge is 0.457 e. The van der Waals surface area contributed by atoms with Gasteiger partial charge in [-0.1, -0.05) is 31.2 Å². The lowest BCUT2D eigenvalue weighted by atomic mass is 9.90. The van der Waals surface area contributed by atoms with Gasteiger partial charge >= 0.3 is 5.97 Å². The van der Waals surface area contributed by atoms with Crippen LogP contribution in [0.1, 0.15) is 58.2 Å². The molecule has 0 bridgehead atoms. The first kappa shape index (κ1) is 19.7. The van der Waals surface area contributed by atoms with Crippen LogP contribution in [0.5, 0.6) is 0 Å². The second kappa shape index (κ2) is 8.75. The van der Waals surface area contributed by atoms with Gasteiger partial charge in [-0.05, 0) is 82.3 Å². The molecule has 0 amide bonds. The van der Waals surface area contributed by atoms with Crippen LogP contribution < -0.4 is 0 Å². The van der Waals surface area contributed by atoms with Gasteiger partial charge in [0.05, 0.1) is 5.56 Å². The Morgan fingerprint density at radius 2 is 1.70 bits per heavy atom. The van der Waals surface area contributed by atoms with E-state index in [9.17, 15) is 4.79 Å². The molecule has 27 heavy (non-hydrogen) atoms. The smallest absolute Gasteiger partial charge is 0.340 e. The third-order valence-electron chi connectivity index (χ3n) is 5.96. The van der Waals surface area contributed by atoms with Crippen LogP contribution in [-0.4, -0.2) is 35.5 Å². The van der Waals surface area contributed by atoms with Gasteiger partial charge in [-0.2, -0.15) is 0 Å². The van der Waals surface area contributed by atoms with Crippen molar-refractivity contribution in [3.63, 3.8) is 0 Å². The van der Waals surface area contributed by atoms with E-state index in [0.29, 0.717) is 12.2 Å². The van der Waals surface area contributed by atoms with E-state index in [2.05, 4.69) is 41.1 Å². The van der Waals surface area contributed by atoms with E-state index in [1.165, 1.54) is 38.0 Å². The number of nitrogens with zero attached hydrogens (tertiary/aromatic N) is 1. The average Bonchev–Trinajstić information content (AvgIpc) is 2.93. The zero-order valence-electron chi connectivity index (χ0n) is 17.1. The van der Waals surface area contributed by atoms with Gasteiger partial charge < -0.3 is 14.6 Å². The van der Waals surface area contributed by atoms with Crippen molar-refractivity contribution in [2.45, 2.75) is 53.6 Å². The lowest BCUT2D eigenvalue weighted by Gasteiger charge is -2.31. The van der Waals surface area contributed by atoms with Crippen molar-refractivity contribution in [1.29, 1.82) is 0 Å². The van der Waals surface area contributed by atoms with E-state index in [1.807, 2.05) is 20.8 Å². The molecule has 0 atom stereocenters. The minimum atomic E-state index is -0.249. The quantitative estimate of drug-likeness (QED) is 0.760. The summed E-state index contributed by atoms with van der Waals surface area (Å²) in [6.45, 7) is 12.0. The fourth-order valence-electron chi connectivity index (χ4n) is 4.05. The third kappa shape index (κ3) is 4.81.